The van der Waals surface area contributed by atoms with Crippen molar-refractivity contribution < 1.29 is 4.79 Å². The minimum absolute atomic E-state index is 0.398. The summed E-state index contributed by atoms with van der Waals surface area (Å²) in [6.45, 7) is 6.40. The van der Waals surface area contributed by atoms with Gasteiger partial charge in [-0.2, -0.15) is 0 Å². The van der Waals surface area contributed by atoms with Gasteiger partial charge in [0.2, 0.25) is 0 Å². The number of ketones is 1. The lowest BCUT2D eigenvalue weighted by Crippen LogP contribution is -2.35. The van der Waals surface area contributed by atoms with Gasteiger partial charge >= 0.3 is 0 Å². The van der Waals surface area contributed by atoms with Crippen molar-refractivity contribution in [3.05, 3.63) is 0 Å². The fraction of sp³-hybridized carbons (Fsp3) is 0.933. The van der Waals surface area contributed by atoms with Gasteiger partial charge in [0.1, 0.15) is 5.78 Å². The highest BCUT2D eigenvalue weighted by atomic mass is 16.1. The van der Waals surface area contributed by atoms with Crippen molar-refractivity contribution in [1.82, 2.24) is 4.90 Å². The van der Waals surface area contributed by atoms with Crippen LogP contribution < -0.4 is 0 Å². The van der Waals surface area contributed by atoms with Gasteiger partial charge in [-0.3, -0.25) is 9.69 Å². The van der Waals surface area contributed by atoms with E-state index in [0.717, 1.165) is 37.9 Å². The highest BCUT2D eigenvalue weighted by Crippen LogP contribution is 2.30. The molecule has 0 aromatic heterocycles. The molecule has 2 fully saturated rings. The van der Waals surface area contributed by atoms with E-state index in [2.05, 4.69) is 18.7 Å². The van der Waals surface area contributed by atoms with Gasteiger partial charge in [0.05, 0.1) is 6.54 Å². The minimum Gasteiger partial charge on any atom is -0.298 e. The molecule has 0 spiro atoms. The van der Waals surface area contributed by atoms with Crippen LogP contribution in [0.3, 0.4) is 0 Å². The molecule has 0 aromatic carbocycles. The molecule has 0 radical (unpaired) electrons. The summed E-state index contributed by atoms with van der Waals surface area (Å²) >= 11 is 0. The predicted octanol–water partition coefficient (Wildman–Crippen LogP) is 3.26. The van der Waals surface area contributed by atoms with Crippen LogP contribution in [0.4, 0.5) is 0 Å². The van der Waals surface area contributed by atoms with E-state index in [1.807, 2.05) is 0 Å². The summed E-state index contributed by atoms with van der Waals surface area (Å²) in [4.78, 5) is 14.6. The number of carbonyl (C=O) groups is 1. The van der Waals surface area contributed by atoms with Gasteiger partial charge in [0.15, 0.2) is 0 Å². The molecular formula is C15H27NO. The Labute approximate surface area is 106 Å². The average Bonchev–Trinajstić information content (AvgIpc) is 2.98. The molecule has 0 heterocycles. The molecule has 2 saturated carbocycles. The van der Waals surface area contributed by atoms with Crippen molar-refractivity contribution in [2.45, 2.75) is 64.8 Å². The SMILES string of the molecule is CC(C)CCN(CC(=O)C1CCCC1)C1CC1. The molecule has 0 amide bonds. The monoisotopic (exact) mass is 237 g/mol. The molecule has 2 aliphatic rings. The average molecular weight is 237 g/mol. The maximum atomic E-state index is 12.2. The first-order valence-electron chi connectivity index (χ1n) is 7.43. The molecule has 2 rings (SSSR count). The van der Waals surface area contributed by atoms with Crippen LogP contribution in [-0.4, -0.2) is 29.8 Å². The smallest absolute Gasteiger partial charge is 0.149 e. The molecule has 98 valence electrons. The lowest BCUT2D eigenvalue weighted by Gasteiger charge is -2.23. The lowest BCUT2D eigenvalue weighted by atomic mass is 10.0. The molecule has 0 aliphatic heterocycles. The van der Waals surface area contributed by atoms with E-state index in [0.29, 0.717) is 11.7 Å². The van der Waals surface area contributed by atoms with Crippen LogP contribution in [-0.2, 0) is 4.79 Å². The molecular weight excluding hydrogens is 210 g/mol. The third kappa shape index (κ3) is 4.09. The molecule has 0 N–H and O–H groups in total. The van der Waals surface area contributed by atoms with Crippen LogP contribution in [0, 0.1) is 11.8 Å². The van der Waals surface area contributed by atoms with E-state index < -0.39 is 0 Å². The second kappa shape index (κ2) is 5.99. The van der Waals surface area contributed by atoms with Crippen LogP contribution in [0.1, 0.15) is 58.8 Å². The Morgan fingerprint density at radius 2 is 1.82 bits per heavy atom. The van der Waals surface area contributed by atoms with Gasteiger partial charge in [0.25, 0.3) is 0 Å². The first kappa shape index (κ1) is 13.1. The Balaban J connectivity index is 1.77. The van der Waals surface area contributed by atoms with Gasteiger partial charge in [-0.15, -0.1) is 0 Å². The van der Waals surface area contributed by atoms with Crippen molar-refractivity contribution in [1.29, 1.82) is 0 Å². The van der Waals surface area contributed by atoms with E-state index in [-0.39, 0.29) is 0 Å². The number of hydrogen-bond donors (Lipinski definition) is 0. The number of hydrogen-bond acceptors (Lipinski definition) is 2. The third-order valence-electron chi connectivity index (χ3n) is 4.23. The van der Waals surface area contributed by atoms with Gasteiger partial charge in [-0.1, -0.05) is 26.7 Å². The Morgan fingerprint density at radius 1 is 1.18 bits per heavy atom. The zero-order chi connectivity index (χ0) is 12.3. The molecule has 0 atom stereocenters. The summed E-state index contributed by atoms with van der Waals surface area (Å²) < 4.78 is 0. The highest BCUT2D eigenvalue weighted by Gasteiger charge is 2.32. The van der Waals surface area contributed by atoms with Crippen molar-refractivity contribution in [3.8, 4) is 0 Å². The summed E-state index contributed by atoms with van der Waals surface area (Å²) in [5, 5.41) is 0. The summed E-state index contributed by atoms with van der Waals surface area (Å²) in [6, 6.07) is 0.735. The van der Waals surface area contributed by atoms with Crippen molar-refractivity contribution in [2.75, 3.05) is 13.1 Å². The summed E-state index contributed by atoms with van der Waals surface area (Å²) in [7, 11) is 0. The first-order valence-corrected chi connectivity index (χ1v) is 7.43. The summed E-state index contributed by atoms with van der Waals surface area (Å²) in [5.74, 6) is 1.67. The summed E-state index contributed by atoms with van der Waals surface area (Å²) in [5.41, 5.74) is 0. The van der Waals surface area contributed by atoms with Crippen LogP contribution in [0.15, 0.2) is 0 Å². The van der Waals surface area contributed by atoms with E-state index in [9.17, 15) is 4.79 Å². The van der Waals surface area contributed by atoms with Crippen LogP contribution in [0.5, 0.6) is 0 Å². The van der Waals surface area contributed by atoms with E-state index >= 15 is 0 Å². The Hall–Kier alpha value is -0.370. The van der Waals surface area contributed by atoms with E-state index in [4.69, 9.17) is 0 Å². The molecule has 0 aromatic rings. The fourth-order valence-electron chi connectivity index (χ4n) is 2.83. The van der Waals surface area contributed by atoms with Gasteiger partial charge in [-0.25, -0.2) is 0 Å². The Morgan fingerprint density at radius 3 is 2.35 bits per heavy atom. The molecule has 0 saturated heterocycles. The summed E-state index contributed by atoms with van der Waals surface area (Å²) in [6.07, 6.45) is 8.71. The quantitative estimate of drug-likeness (QED) is 0.677. The van der Waals surface area contributed by atoms with Crippen LogP contribution in [0.2, 0.25) is 0 Å². The Bertz CT molecular complexity index is 252. The fourth-order valence-corrected chi connectivity index (χ4v) is 2.83. The molecule has 2 aliphatic carbocycles. The number of carbonyl (C=O) groups excluding carboxylic acids is 1. The molecule has 2 nitrogen and oxygen atoms in total. The second-order valence-electron chi connectivity index (χ2n) is 6.33. The zero-order valence-corrected chi connectivity index (χ0v) is 11.5. The second-order valence-corrected chi connectivity index (χ2v) is 6.33. The van der Waals surface area contributed by atoms with Gasteiger partial charge in [-0.05, 0) is 44.6 Å². The van der Waals surface area contributed by atoms with Gasteiger partial charge < -0.3 is 0 Å². The normalized spacial score (nSPS) is 21.6. The Kier molecular flexibility index (Phi) is 4.61. The standard InChI is InChI=1S/C15H27NO/c1-12(2)9-10-16(14-7-8-14)11-15(17)13-5-3-4-6-13/h12-14H,3-11H2,1-2H3. The molecule has 2 heteroatoms. The largest absolute Gasteiger partial charge is 0.298 e. The number of nitrogens with zero attached hydrogens (tertiary/aromatic N) is 1. The van der Waals surface area contributed by atoms with Crippen LogP contribution >= 0.6 is 0 Å². The third-order valence-corrected chi connectivity index (χ3v) is 4.23. The van der Waals surface area contributed by atoms with Crippen molar-refractivity contribution in [2.24, 2.45) is 11.8 Å². The van der Waals surface area contributed by atoms with Crippen molar-refractivity contribution >= 4 is 5.78 Å². The first-order chi connectivity index (χ1) is 8.16. The number of Topliss-reactive ketones (excluding diaryl/α,β-unsaturated/α-hetero) is 1. The molecule has 17 heavy (non-hydrogen) atoms. The maximum Gasteiger partial charge on any atom is 0.149 e. The highest BCUT2D eigenvalue weighted by molar-refractivity contribution is 5.83. The minimum atomic E-state index is 0.398. The predicted molar refractivity (Wildman–Crippen MR) is 71.0 cm³/mol. The van der Waals surface area contributed by atoms with Crippen LogP contribution in [0.25, 0.3) is 0 Å². The lowest BCUT2D eigenvalue weighted by molar-refractivity contribution is -0.124. The topological polar surface area (TPSA) is 20.3 Å². The molecule has 0 bridgehead atoms. The van der Waals surface area contributed by atoms with Gasteiger partial charge in [0, 0.05) is 12.0 Å². The van der Waals surface area contributed by atoms with E-state index in [1.54, 1.807) is 0 Å². The zero-order valence-electron chi connectivity index (χ0n) is 11.5. The maximum absolute atomic E-state index is 12.2. The van der Waals surface area contributed by atoms with Crippen molar-refractivity contribution in [3.63, 3.8) is 0 Å². The van der Waals surface area contributed by atoms with E-state index in [1.165, 1.54) is 32.1 Å². The molecule has 0 unspecified atom stereocenters. The number of rotatable bonds is 7.